The second-order valence-electron chi connectivity index (χ2n) is 4.61. The molecule has 0 aromatic heterocycles. The van der Waals surface area contributed by atoms with Crippen LogP contribution in [-0.2, 0) is 6.54 Å². The molecule has 2 aromatic rings. The van der Waals surface area contributed by atoms with Gasteiger partial charge in [-0.15, -0.1) is 0 Å². The highest BCUT2D eigenvalue weighted by molar-refractivity contribution is 6.33. The van der Waals surface area contributed by atoms with Crippen molar-refractivity contribution in [3.05, 3.63) is 59.1 Å². The average molecular weight is 289 g/mol. The Kier molecular flexibility index (Phi) is 5.45. The van der Waals surface area contributed by atoms with Crippen molar-refractivity contribution in [3.63, 3.8) is 0 Å². The molecule has 3 heteroatoms. The van der Waals surface area contributed by atoms with Crippen LogP contribution in [-0.4, -0.2) is 13.1 Å². The van der Waals surface area contributed by atoms with Crippen molar-refractivity contribution >= 4 is 23.0 Å². The fourth-order valence-electron chi connectivity index (χ4n) is 2.34. The van der Waals surface area contributed by atoms with E-state index in [0.717, 1.165) is 30.3 Å². The topological polar surface area (TPSA) is 15.3 Å². The fraction of sp³-hybridized carbons (Fsp3) is 0.294. The quantitative estimate of drug-likeness (QED) is 0.835. The molecule has 1 N–H and O–H groups in total. The van der Waals surface area contributed by atoms with Crippen LogP contribution >= 0.6 is 11.6 Å². The minimum absolute atomic E-state index is 0.797. The predicted octanol–water partition coefficient (Wildman–Crippen LogP) is 4.61. The summed E-state index contributed by atoms with van der Waals surface area (Å²) in [6.07, 6.45) is 0. The third-order valence-corrected chi connectivity index (χ3v) is 3.59. The Bertz CT molecular complexity index is 540. The number of benzene rings is 2. The van der Waals surface area contributed by atoms with Crippen molar-refractivity contribution in [1.82, 2.24) is 5.32 Å². The van der Waals surface area contributed by atoms with E-state index in [2.05, 4.69) is 54.4 Å². The lowest BCUT2D eigenvalue weighted by molar-refractivity contribution is 0.725. The van der Waals surface area contributed by atoms with Crippen LogP contribution in [0.15, 0.2) is 48.5 Å². The first-order valence-electron chi connectivity index (χ1n) is 7.08. The number of rotatable bonds is 6. The van der Waals surface area contributed by atoms with Gasteiger partial charge in [-0.25, -0.2) is 0 Å². The van der Waals surface area contributed by atoms with Gasteiger partial charge in [0, 0.05) is 18.8 Å². The third-order valence-electron chi connectivity index (χ3n) is 3.29. The lowest BCUT2D eigenvalue weighted by atomic mass is 10.1. The Balaban J connectivity index is 2.43. The van der Waals surface area contributed by atoms with Gasteiger partial charge in [0.1, 0.15) is 0 Å². The Hall–Kier alpha value is -1.51. The van der Waals surface area contributed by atoms with E-state index in [1.54, 1.807) is 0 Å². The highest BCUT2D eigenvalue weighted by Gasteiger charge is 2.14. The number of hydrogen-bond acceptors (Lipinski definition) is 2. The van der Waals surface area contributed by atoms with Crippen LogP contribution in [0.3, 0.4) is 0 Å². The van der Waals surface area contributed by atoms with Crippen LogP contribution in [0.25, 0.3) is 0 Å². The molecule has 2 rings (SSSR count). The van der Waals surface area contributed by atoms with Crippen LogP contribution in [0.1, 0.15) is 19.4 Å². The molecule has 2 nitrogen and oxygen atoms in total. The SMILES string of the molecule is CCNCc1cccc(Cl)c1N(CC)c1ccccc1. The second kappa shape index (κ2) is 7.32. The lowest BCUT2D eigenvalue weighted by Gasteiger charge is -2.27. The molecule has 0 atom stereocenters. The van der Waals surface area contributed by atoms with Gasteiger partial charge in [-0.2, -0.15) is 0 Å². The van der Waals surface area contributed by atoms with E-state index in [1.807, 2.05) is 18.2 Å². The summed E-state index contributed by atoms with van der Waals surface area (Å²) in [6.45, 7) is 6.92. The number of hydrogen-bond donors (Lipinski definition) is 1. The standard InChI is InChI=1S/C17H21ClN2/c1-3-19-13-14-9-8-12-16(18)17(14)20(4-2)15-10-6-5-7-11-15/h5-12,19H,3-4,13H2,1-2H3. The second-order valence-corrected chi connectivity index (χ2v) is 5.01. The van der Waals surface area contributed by atoms with Crippen molar-refractivity contribution in [3.8, 4) is 0 Å². The normalized spacial score (nSPS) is 10.6. The van der Waals surface area contributed by atoms with Crippen molar-refractivity contribution in [2.45, 2.75) is 20.4 Å². The predicted molar refractivity (Wildman–Crippen MR) is 88.0 cm³/mol. The van der Waals surface area contributed by atoms with E-state index in [0.29, 0.717) is 0 Å². The molecule has 0 aliphatic rings. The van der Waals surface area contributed by atoms with Gasteiger partial charge in [-0.05, 0) is 37.2 Å². The van der Waals surface area contributed by atoms with Gasteiger partial charge in [-0.3, -0.25) is 0 Å². The molecular weight excluding hydrogens is 268 g/mol. The fourth-order valence-corrected chi connectivity index (χ4v) is 2.64. The smallest absolute Gasteiger partial charge is 0.0646 e. The Labute approximate surface area is 126 Å². The van der Waals surface area contributed by atoms with Gasteiger partial charge in [0.05, 0.1) is 10.7 Å². The van der Waals surface area contributed by atoms with E-state index < -0.39 is 0 Å². The van der Waals surface area contributed by atoms with Crippen LogP contribution in [0.4, 0.5) is 11.4 Å². The Morgan fingerprint density at radius 3 is 2.40 bits per heavy atom. The number of nitrogens with zero attached hydrogens (tertiary/aromatic N) is 1. The van der Waals surface area contributed by atoms with Crippen LogP contribution < -0.4 is 10.2 Å². The first kappa shape index (κ1) is 14.9. The van der Waals surface area contributed by atoms with Gasteiger partial charge in [0.15, 0.2) is 0 Å². The molecule has 0 bridgehead atoms. The summed E-state index contributed by atoms with van der Waals surface area (Å²) in [5, 5.41) is 4.17. The van der Waals surface area contributed by atoms with Crippen molar-refractivity contribution in [2.75, 3.05) is 18.0 Å². The summed E-state index contributed by atoms with van der Waals surface area (Å²) >= 11 is 6.46. The Morgan fingerprint density at radius 2 is 1.75 bits per heavy atom. The van der Waals surface area contributed by atoms with Gasteiger partial charge < -0.3 is 10.2 Å². The van der Waals surface area contributed by atoms with E-state index in [-0.39, 0.29) is 0 Å². The highest BCUT2D eigenvalue weighted by Crippen LogP contribution is 2.34. The lowest BCUT2D eigenvalue weighted by Crippen LogP contribution is -2.20. The molecule has 20 heavy (non-hydrogen) atoms. The molecule has 0 aliphatic carbocycles. The van der Waals surface area contributed by atoms with Crippen LogP contribution in [0, 0.1) is 0 Å². The maximum Gasteiger partial charge on any atom is 0.0646 e. The summed E-state index contributed by atoms with van der Waals surface area (Å²) in [6, 6.07) is 16.5. The van der Waals surface area contributed by atoms with Gasteiger partial charge >= 0.3 is 0 Å². The first-order chi connectivity index (χ1) is 9.77. The third kappa shape index (κ3) is 3.33. The summed E-state index contributed by atoms with van der Waals surface area (Å²) in [4.78, 5) is 2.26. The van der Waals surface area contributed by atoms with E-state index in [4.69, 9.17) is 11.6 Å². The summed E-state index contributed by atoms with van der Waals surface area (Å²) in [5.74, 6) is 0. The molecule has 0 amide bonds. The van der Waals surface area contributed by atoms with Crippen molar-refractivity contribution in [1.29, 1.82) is 0 Å². The van der Waals surface area contributed by atoms with E-state index >= 15 is 0 Å². The molecule has 106 valence electrons. The minimum atomic E-state index is 0.797. The molecule has 0 saturated carbocycles. The van der Waals surface area contributed by atoms with Gasteiger partial charge in [0.2, 0.25) is 0 Å². The molecule has 0 radical (unpaired) electrons. The summed E-state index contributed by atoms with van der Waals surface area (Å²) in [5.41, 5.74) is 3.50. The molecule has 0 saturated heterocycles. The Morgan fingerprint density at radius 1 is 1.00 bits per heavy atom. The van der Waals surface area contributed by atoms with Gasteiger partial charge in [-0.1, -0.05) is 48.9 Å². The maximum atomic E-state index is 6.46. The minimum Gasteiger partial charge on any atom is -0.340 e. The number of anilines is 2. The molecule has 2 aromatic carbocycles. The molecule has 0 spiro atoms. The zero-order chi connectivity index (χ0) is 14.4. The number of para-hydroxylation sites is 2. The first-order valence-corrected chi connectivity index (χ1v) is 7.46. The van der Waals surface area contributed by atoms with Crippen molar-refractivity contribution < 1.29 is 0 Å². The molecular formula is C17H21ClN2. The summed E-state index contributed by atoms with van der Waals surface area (Å²) < 4.78 is 0. The molecule has 0 heterocycles. The number of halogens is 1. The van der Waals surface area contributed by atoms with E-state index in [9.17, 15) is 0 Å². The van der Waals surface area contributed by atoms with Crippen molar-refractivity contribution in [2.24, 2.45) is 0 Å². The average Bonchev–Trinajstić information content (AvgIpc) is 2.49. The molecule has 0 fully saturated rings. The van der Waals surface area contributed by atoms with Crippen LogP contribution in [0.2, 0.25) is 5.02 Å². The van der Waals surface area contributed by atoms with E-state index in [1.165, 1.54) is 11.3 Å². The number of nitrogens with one attached hydrogen (secondary N) is 1. The molecule has 0 aliphatic heterocycles. The highest BCUT2D eigenvalue weighted by atomic mass is 35.5. The largest absolute Gasteiger partial charge is 0.340 e. The van der Waals surface area contributed by atoms with Crippen LogP contribution in [0.5, 0.6) is 0 Å². The van der Waals surface area contributed by atoms with Gasteiger partial charge in [0.25, 0.3) is 0 Å². The molecule has 0 unspecified atom stereocenters. The summed E-state index contributed by atoms with van der Waals surface area (Å²) in [7, 11) is 0. The monoisotopic (exact) mass is 288 g/mol. The zero-order valence-electron chi connectivity index (χ0n) is 12.1. The maximum absolute atomic E-state index is 6.46. The zero-order valence-corrected chi connectivity index (χ0v) is 12.8.